The first-order chi connectivity index (χ1) is 16.1. The zero-order chi connectivity index (χ0) is 27.0. The second kappa shape index (κ2) is 13.0. The number of aliphatic hydroxyl groups excluding tert-OH is 1. The van der Waals surface area contributed by atoms with Gasteiger partial charge in [0.15, 0.2) is 0 Å². The Morgan fingerprint density at radius 1 is 1.06 bits per heavy atom. The predicted molar refractivity (Wildman–Crippen MR) is 129 cm³/mol. The van der Waals surface area contributed by atoms with Crippen LogP contribution in [0.4, 0.5) is 0 Å². The van der Waals surface area contributed by atoms with Gasteiger partial charge in [-0.1, -0.05) is 51.1 Å². The van der Waals surface area contributed by atoms with Crippen molar-refractivity contribution in [3.63, 3.8) is 0 Å². The quantitative estimate of drug-likeness (QED) is 0.215. The number of amides is 1. The largest absolute Gasteiger partial charge is 0.481 e. The number of nitrogens with zero attached hydrogens (tertiary/aromatic N) is 1. The van der Waals surface area contributed by atoms with E-state index in [9.17, 15) is 33.0 Å². The highest BCUT2D eigenvalue weighted by molar-refractivity contribution is 7.87. The van der Waals surface area contributed by atoms with E-state index in [-0.39, 0.29) is 25.4 Å². The van der Waals surface area contributed by atoms with E-state index < -0.39 is 58.1 Å². The lowest BCUT2D eigenvalue weighted by Crippen LogP contribution is -2.59. The number of benzene rings is 1. The molecule has 5 N–H and O–H groups in total. The van der Waals surface area contributed by atoms with Crippen LogP contribution in [0.5, 0.6) is 0 Å². The summed E-state index contributed by atoms with van der Waals surface area (Å²) in [5, 5.41) is 32.2. The van der Waals surface area contributed by atoms with Crippen LogP contribution >= 0.6 is 0 Å². The molecular weight excluding hydrogens is 478 g/mol. The van der Waals surface area contributed by atoms with Gasteiger partial charge in [0.1, 0.15) is 6.23 Å². The minimum atomic E-state index is -4.32. The number of aliphatic hydroxyl groups is 1. The molecule has 0 saturated carbocycles. The van der Waals surface area contributed by atoms with Crippen LogP contribution in [-0.4, -0.2) is 71.2 Å². The van der Waals surface area contributed by atoms with Gasteiger partial charge in [-0.25, -0.2) is 4.72 Å². The summed E-state index contributed by atoms with van der Waals surface area (Å²) in [4.78, 5) is 35.4. The highest BCUT2D eigenvalue weighted by Gasteiger charge is 2.41. The molecule has 1 amide bonds. The first-order valence-electron chi connectivity index (χ1n) is 11.3. The standard InChI is InChI=1S/C23H37N3O8S/c1-15(2)14-26(35(33,34)24-12-11-19(27)28)21(30)18(13-17-9-7-6-8-10-17)25-20(29)16(3)23(4,5)22(31)32/h6-10,15-16,18,21,24,30H,11-14H2,1-5H3,(H,25,29)(H,27,28)(H,31,32). The second-order valence-electron chi connectivity index (χ2n) is 9.47. The third kappa shape index (κ3) is 9.21. The molecule has 0 fully saturated rings. The van der Waals surface area contributed by atoms with Gasteiger partial charge in [-0.2, -0.15) is 12.7 Å². The molecule has 0 heterocycles. The summed E-state index contributed by atoms with van der Waals surface area (Å²) in [6.07, 6.45) is -2.10. The van der Waals surface area contributed by atoms with Crippen LogP contribution in [0.15, 0.2) is 30.3 Å². The smallest absolute Gasteiger partial charge is 0.309 e. The first-order valence-corrected chi connectivity index (χ1v) is 12.8. The molecule has 1 aromatic rings. The molecule has 0 aliphatic heterocycles. The van der Waals surface area contributed by atoms with E-state index in [0.717, 1.165) is 4.31 Å². The Morgan fingerprint density at radius 3 is 2.11 bits per heavy atom. The molecular formula is C23H37N3O8S. The summed E-state index contributed by atoms with van der Waals surface area (Å²) in [6, 6.07) is 7.69. The van der Waals surface area contributed by atoms with Crippen LogP contribution in [0.25, 0.3) is 0 Å². The van der Waals surface area contributed by atoms with Crippen molar-refractivity contribution in [3.8, 4) is 0 Å². The van der Waals surface area contributed by atoms with E-state index in [4.69, 9.17) is 5.11 Å². The lowest BCUT2D eigenvalue weighted by atomic mass is 9.79. The van der Waals surface area contributed by atoms with E-state index in [1.807, 2.05) is 0 Å². The number of aliphatic carboxylic acids is 2. The molecule has 198 valence electrons. The molecule has 0 saturated heterocycles. The van der Waals surface area contributed by atoms with Gasteiger partial charge in [-0.3, -0.25) is 14.4 Å². The van der Waals surface area contributed by atoms with Crippen molar-refractivity contribution in [1.29, 1.82) is 0 Å². The van der Waals surface area contributed by atoms with Crippen LogP contribution in [0.1, 0.15) is 46.6 Å². The average Bonchev–Trinajstić information content (AvgIpc) is 2.75. The van der Waals surface area contributed by atoms with Gasteiger partial charge in [0.2, 0.25) is 5.91 Å². The molecule has 0 aromatic heterocycles. The SMILES string of the molecule is CC(C)CN(C(O)C(Cc1ccccc1)NC(=O)C(C)C(C)(C)C(=O)O)S(=O)(=O)NCCC(=O)O. The van der Waals surface area contributed by atoms with Gasteiger partial charge < -0.3 is 20.6 Å². The summed E-state index contributed by atoms with van der Waals surface area (Å²) in [7, 11) is -4.32. The molecule has 12 heteroatoms. The maximum Gasteiger partial charge on any atom is 0.309 e. The van der Waals surface area contributed by atoms with Gasteiger partial charge in [-0.15, -0.1) is 0 Å². The van der Waals surface area contributed by atoms with Crippen LogP contribution in [0.3, 0.4) is 0 Å². The number of carbonyl (C=O) groups is 3. The Morgan fingerprint density at radius 2 is 1.63 bits per heavy atom. The Kier molecular flexibility index (Phi) is 11.3. The first kappa shape index (κ1) is 30.5. The Balaban J connectivity index is 3.31. The van der Waals surface area contributed by atoms with Gasteiger partial charge >= 0.3 is 11.9 Å². The second-order valence-corrected chi connectivity index (χ2v) is 11.2. The van der Waals surface area contributed by atoms with Crippen molar-refractivity contribution in [2.45, 2.75) is 59.7 Å². The summed E-state index contributed by atoms with van der Waals surface area (Å²) in [5.74, 6) is -4.22. The molecule has 0 aliphatic carbocycles. The maximum atomic E-state index is 13.0. The van der Waals surface area contributed by atoms with E-state index in [0.29, 0.717) is 5.56 Å². The van der Waals surface area contributed by atoms with Crippen LogP contribution in [-0.2, 0) is 31.0 Å². The molecule has 0 radical (unpaired) electrons. The third-order valence-corrected chi connectivity index (χ3v) is 7.34. The van der Waals surface area contributed by atoms with E-state index >= 15 is 0 Å². The fourth-order valence-corrected chi connectivity index (χ4v) is 4.65. The monoisotopic (exact) mass is 515 g/mol. The van der Waals surface area contributed by atoms with Crippen molar-refractivity contribution in [1.82, 2.24) is 14.3 Å². The Hall–Kier alpha value is -2.54. The molecule has 11 nitrogen and oxygen atoms in total. The molecule has 0 spiro atoms. The number of nitrogens with one attached hydrogen (secondary N) is 2. The Labute approximate surface area is 206 Å². The van der Waals surface area contributed by atoms with Gasteiger partial charge in [0, 0.05) is 13.1 Å². The summed E-state index contributed by atoms with van der Waals surface area (Å²) < 4.78 is 28.9. The minimum Gasteiger partial charge on any atom is -0.481 e. The van der Waals surface area contributed by atoms with Gasteiger partial charge in [-0.05, 0) is 31.7 Å². The summed E-state index contributed by atoms with van der Waals surface area (Å²) in [6.45, 7) is 7.27. The van der Waals surface area contributed by atoms with Gasteiger partial charge in [0.05, 0.1) is 23.8 Å². The van der Waals surface area contributed by atoms with Gasteiger partial charge in [0.25, 0.3) is 10.2 Å². The van der Waals surface area contributed by atoms with Crippen LogP contribution in [0, 0.1) is 17.3 Å². The normalized spacial score (nSPS) is 15.0. The van der Waals surface area contributed by atoms with E-state index in [1.54, 1.807) is 44.2 Å². The molecule has 35 heavy (non-hydrogen) atoms. The summed E-state index contributed by atoms with van der Waals surface area (Å²) in [5.41, 5.74) is -0.697. The van der Waals surface area contributed by atoms with Crippen molar-refractivity contribution in [2.75, 3.05) is 13.1 Å². The number of carboxylic acids is 2. The van der Waals surface area contributed by atoms with Crippen LogP contribution < -0.4 is 10.0 Å². The topological polar surface area (TPSA) is 173 Å². The van der Waals surface area contributed by atoms with E-state index in [2.05, 4.69) is 10.0 Å². The molecule has 3 atom stereocenters. The minimum absolute atomic E-state index is 0.0627. The Bertz CT molecular complexity index is 966. The van der Waals surface area contributed by atoms with Crippen molar-refractivity contribution in [3.05, 3.63) is 35.9 Å². The highest BCUT2D eigenvalue weighted by Crippen LogP contribution is 2.27. The third-order valence-electron chi connectivity index (χ3n) is 5.79. The summed E-state index contributed by atoms with van der Waals surface area (Å²) >= 11 is 0. The van der Waals surface area contributed by atoms with Crippen LogP contribution in [0.2, 0.25) is 0 Å². The lowest BCUT2D eigenvalue weighted by Gasteiger charge is -2.35. The van der Waals surface area contributed by atoms with Crippen molar-refractivity contribution in [2.24, 2.45) is 17.3 Å². The number of hydrogen-bond acceptors (Lipinski definition) is 6. The lowest BCUT2D eigenvalue weighted by molar-refractivity contribution is -0.153. The van der Waals surface area contributed by atoms with Crippen molar-refractivity contribution >= 4 is 28.1 Å². The molecule has 0 aliphatic rings. The fourth-order valence-electron chi connectivity index (χ4n) is 3.20. The maximum absolute atomic E-state index is 13.0. The average molecular weight is 516 g/mol. The zero-order valence-electron chi connectivity index (χ0n) is 20.8. The number of carboxylic acid groups (broad SMARTS) is 2. The number of carbonyl (C=O) groups excluding carboxylic acids is 1. The molecule has 0 bridgehead atoms. The molecule has 3 unspecified atom stereocenters. The van der Waals surface area contributed by atoms with E-state index in [1.165, 1.54) is 20.8 Å². The molecule has 1 aromatic carbocycles. The zero-order valence-corrected chi connectivity index (χ0v) is 21.6. The fraction of sp³-hybridized carbons (Fsp3) is 0.609. The number of rotatable bonds is 15. The predicted octanol–water partition coefficient (Wildman–Crippen LogP) is 1.05. The number of hydrogen-bond donors (Lipinski definition) is 5. The molecule has 1 rings (SSSR count). The van der Waals surface area contributed by atoms with Crippen molar-refractivity contribution < 1.29 is 38.1 Å². The highest BCUT2D eigenvalue weighted by atomic mass is 32.2.